The third kappa shape index (κ3) is 1.77. The summed E-state index contributed by atoms with van der Waals surface area (Å²) in [6, 6.07) is 0. The fourth-order valence-electron chi connectivity index (χ4n) is 1.21. The molecule has 4 heteroatoms. The summed E-state index contributed by atoms with van der Waals surface area (Å²) in [5.41, 5.74) is 0. The van der Waals surface area contributed by atoms with Crippen molar-refractivity contribution in [3.8, 4) is 0 Å². The molecule has 1 fully saturated rings. The Labute approximate surface area is 63.8 Å². The van der Waals surface area contributed by atoms with E-state index >= 15 is 0 Å². The van der Waals surface area contributed by atoms with Gasteiger partial charge in [-0.3, -0.25) is 9.59 Å². The fourth-order valence-corrected chi connectivity index (χ4v) is 1.21. The van der Waals surface area contributed by atoms with Crippen molar-refractivity contribution in [1.82, 2.24) is 0 Å². The molecule has 0 aromatic heterocycles. The number of rotatable bonds is 1. The van der Waals surface area contributed by atoms with E-state index in [1.54, 1.807) is 0 Å². The minimum absolute atomic E-state index is 0.0174. The van der Waals surface area contributed by atoms with E-state index in [1.807, 2.05) is 0 Å². The average Bonchev–Trinajstić information content (AvgIpc) is 1.94. The highest BCUT2D eigenvalue weighted by Crippen LogP contribution is 2.21. The maximum Gasteiger partial charge on any atom is 0.306 e. The number of Topliss-reactive ketones (excluding diaryl/α,β-unsaturated/α-hetero) is 1. The number of carboxylic acid groups (broad SMARTS) is 1. The molecule has 0 unspecified atom stereocenters. The molecular formula is C7H10O4. The molecule has 0 amide bonds. The van der Waals surface area contributed by atoms with Gasteiger partial charge in [-0.05, 0) is 12.8 Å². The topological polar surface area (TPSA) is 74.6 Å². The molecule has 0 aromatic carbocycles. The molecule has 62 valence electrons. The summed E-state index contributed by atoms with van der Waals surface area (Å²) in [7, 11) is 0. The third-order valence-corrected chi connectivity index (χ3v) is 1.96. The van der Waals surface area contributed by atoms with Crippen LogP contribution in [0.5, 0.6) is 0 Å². The van der Waals surface area contributed by atoms with Crippen LogP contribution in [0.15, 0.2) is 0 Å². The van der Waals surface area contributed by atoms with E-state index in [4.69, 9.17) is 10.2 Å². The van der Waals surface area contributed by atoms with Crippen molar-refractivity contribution < 1.29 is 19.8 Å². The van der Waals surface area contributed by atoms with Crippen LogP contribution in [0.3, 0.4) is 0 Å². The van der Waals surface area contributed by atoms with Gasteiger partial charge in [-0.2, -0.15) is 0 Å². The number of hydrogen-bond acceptors (Lipinski definition) is 3. The average molecular weight is 158 g/mol. The molecule has 4 nitrogen and oxygen atoms in total. The van der Waals surface area contributed by atoms with E-state index in [0.717, 1.165) is 0 Å². The molecule has 0 saturated heterocycles. The summed E-state index contributed by atoms with van der Waals surface area (Å²) in [6.07, 6.45) is -0.250. The first-order valence-electron chi connectivity index (χ1n) is 3.55. The number of aliphatic hydroxyl groups excluding tert-OH is 1. The number of hydrogen-bond donors (Lipinski definition) is 2. The van der Waals surface area contributed by atoms with E-state index in [9.17, 15) is 9.59 Å². The molecule has 2 N–H and O–H groups in total. The third-order valence-electron chi connectivity index (χ3n) is 1.96. The number of ketones is 1. The Morgan fingerprint density at radius 3 is 2.55 bits per heavy atom. The molecule has 0 radical (unpaired) electrons. The van der Waals surface area contributed by atoms with Crippen LogP contribution in [0.4, 0.5) is 0 Å². The largest absolute Gasteiger partial charge is 0.481 e. The van der Waals surface area contributed by atoms with Gasteiger partial charge in [0.2, 0.25) is 0 Å². The molecule has 0 aliphatic heterocycles. The molecule has 1 aliphatic carbocycles. The zero-order valence-electron chi connectivity index (χ0n) is 5.99. The maximum absolute atomic E-state index is 10.8. The minimum atomic E-state index is -0.940. The van der Waals surface area contributed by atoms with Crippen molar-refractivity contribution in [2.75, 3.05) is 0 Å². The smallest absolute Gasteiger partial charge is 0.306 e. The van der Waals surface area contributed by atoms with Gasteiger partial charge in [-0.25, -0.2) is 0 Å². The number of carbonyl (C=O) groups excluding carboxylic acids is 1. The Morgan fingerprint density at radius 2 is 2.09 bits per heavy atom. The summed E-state index contributed by atoms with van der Waals surface area (Å²) in [5, 5.41) is 17.4. The zero-order chi connectivity index (χ0) is 8.43. The number of aliphatic carboxylic acids is 1. The van der Waals surface area contributed by atoms with Gasteiger partial charge in [-0.15, -0.1) is 0 Å². The highest BCUT2D eigenvalue weighted by Gasteiger charge is 2.30. The number of carbonyl (C=O) groups is 2. The minimum Gasteiger partial charge on any atom is -0.481 e. The molecular weight excluding hydrogens is 148 g/mol. The van der Waals surface area contributed by atoms with Crippen LogP contribution in [0.2, 0.25) is 0 Å². The SMILES string of the molecule is O=C(O)[C@@H]1CC[C@H](O)C(=O)C1. The van der Waals surface area contributed by atoms with Gasteiger partial charge < -0.3 is 10.2 Å². The van der Waals surface area contributed by atoms with Crippen LogP contribution in [-0.4, -0.2) is 28.1 Å². The Kier molecular flexibility index (Phi) is 2.24. The summed E-state index contributed by atoms with van der Waals surface area (Å²) in [4.78, 5) is 21.2. The predicted octanol–water partition coefficient (Wildman–Crippen LogP) is -0.199. The second-order valence-electron chi connectivity index (χ2n) is 2.80. The van der Waals surface area contributed by atoms with Crippen LogP contribution in [0.25, 0.3) is 0 Å². The van der Waals surface area contributed by atoms with Gasteiger partial charge >= 0.3 is 5.97 Å². The maximum atomic E-state index is 10.8. The van der Waals surface area contributed by atoms with Crippen molar-refractivity contribution in [3.05, 3.63) is 0 Å². The molecule has 0 spiro atoms. The molecule has 0 bridgehead atoms. The Hall–Kier alpha value is -0.900. The predicted molar refractivity (Wildman–Crippen MR) is 36.0 cm³/mol. The zero-order valence-corrected chi connectivity index (χ0v) is 5.99. The lowest BCUT2D eigenvalue weighted by atomic mass is 9.87. The lowest BCUT2D eigenvalue weighted by Gasteiger charge is -2.20. The highest BCUT2D eigenvalue weighted by molar-refractivity contribution is 5.88. The number of carboxylic acids is 1. The summed E-state index contributed by atoms with van der Waals surface area (Å²) >= 11 is 0. The van der Waals surface area contributed by atoms with Crippen LogP contribution < -0.4 is 0 Å². The monoisotopic (exact) mass is 158 g/mol. The van der Waals surface area contributed by atoms with Gasteiger partial charge in [0, 0.05) is 6.42 Å². The molecule has 1 rings (SSSR count). The molecule has 0 heterocycles. The summed E-state index contributed by atoms with van der Waals surface area (Å²) < 4.78 is 0. The van der Waals surface area contributed by atoms with Crippen LogP contribution in [0, 0.1) is 5.92 Å². The summed E-state index contributed by atoms with van der Waals surface area (Å²) in [5.74, 6) is -1.86. The van der Waals surface area contributed by atoms with Gasteiger partial charge in [0.05, 0.1) is 5.92 Å². The molecule has 0 aromatic rings. The molecule has 11 heavy (non-hydrogen) atoms. The van der Waals surface area contributed by atoms with Gasteiger partial charge in [0.15, 0.2) is 5.78 Å². The summed E-state index contributed by atoms with van der Waals surface area (Å²) in [6.45, 7) is 0. The van der Waals surface area contributed by atoms with E-state index in [2.05, 4.69) is 0 Å². The molecule has 2 atom stereocenters. The van der Waals surface area contributed by atoms with Crippen molar-refractivity contribution in [1.29, 1.82) is 0 Å². The van der Waals surface area contributed by atoms with Crippen LogP contribution in [0.1, 0.15) is 19.3 Å². The van der Waals surface area contributed by atoms with Crippen molar-refractivity contribution in [2.45, 2.75) is 25.4 Å². The Balaban J connectivity index is 2.53. The molecule has 1 aliphatic rings. The first kappa shape index (κ1) is 8.20. The normalized spacial score (nSPS) is 31.9. The van der Waals surface area contributed by atoms with E-state index < -0.39 is 18.0 Å². The van der Waals surface area contributed by atoms with E-state index in [0.29, 0.717) is 6.42 Å². The lowest BCUT2D eigenvalue weighted by molar-refractivity contribution is -0.147. The molecule has 1 saturated carbocycles. The van der Waals surface area contributed by atoms with Gasteiger partial charge in [-0.1, -0.05) is 0 Å². The standard InChI is InChI=1S/C7H10O4/c8-5-2-1-4(7(10)11)3-6(5)9/h4-5,8H,1-3H2,(H,10,11)/t4-,5+/m1/s1. The van der Waals surface area contributed by atoms with Crippen molar-refractivity contribution in [2.24, 2.45) is 5.92 Å². The van der Waals surface area contributed by atoms with Crippen LogP contribution >= 0.6 is 0 Å². The fraction of sp³-hybridized carbons (Fsp3) is 0.714. The number of aliphatic hydroxyl groups is 1. The second kappa shape index (κ2) is 3.00. The highest BCUT2D eigenvalue weighted by atomic mass is 16.4. The van der Waals surface area contributed by atoms with E-state index in [-0.39, 0.29) is 18.6 Å². The first-order valence-corrected chi connectivity index (χ1v) is 3.55. The quantitative estimate of drug-likeness (QED) is 0.554. The van der Waals surface area contributed by atoms with Gasteiger partial charge in [0.1, 0.15) is 6.10 Å². The van der Waals surface area contributed by atoms with Crippen molar-refractivity contribution >= 4 is 11.8 Å². The second-order valence-corrected chi connectivity index (χ2v) is 2.80. The van der Waals surface area contributed by atoms with E-state index in [1.165, 1.54) is 0 Å². The first-order chi connectivity index (χ1) is 5.11. The van der Waals surface area contributed by atoms with Crippen LogP contribution in [-0.2, 0) is 9.59 Å². The lowest BCUT2D eigenvalue weighted by Crippen LogP contribution is -2.32. The van der Waals surface area contributed by atoms with Gasteiger partial charge in [0.25, 0.3) is 0 Å². The Bertz CT molecular complexity index is 187. The Morgan fingerprint density at radius 1 is 1.45 bits per heavy atom. The van der Waals surface area contributed by atoms with Crippen molar-refractivity contribution in [3.63, 3.8) is 0 Å².